The number of rotatable bonds is 6. The Hall–Kier alpha value is -1.58. The molecule has 1 aliphatic heterocycles. The van der Waals surface area contributed by atoms with Gasteiger partial charge in [-0.15, -0.1) is 24.0 Å². The molecule has 2 N–H and O–H groups in total. The van der Waals surface area contributed by atoms with Crippen LogP contribution in [-0.4, -0.2) is 54.5 Å². The van der Waals surface area contributed by atoms with Gasteiger partial charge >= 0.3 is 0 Å². The third-order valence-corrected chi connectivity index (χ3v) is 4.07. The van der Waals surface area contributed by atoms with E-state index in [4.69, 9.17) is 4.74 Å². The lowest BCUT2D eigenvalue weighted by molar-refractivity contribution is -0.133. The van der Waals surface area contributed by atoms with E-state index in [1.54, 1.807) is 7.11 Å². The first-order valence-corrected chi connectivity index (χ1v) is 8.87. The molecule has 1 aliphatic rings. The highest BCUT2D eigenvalue weighted by molar-refractivity contribution is 14.0. The molecule has 1 unspecified atom stereocenters. The quantitative estimate of drug-likeness (QED) is 0.374. The van der Waals surface area contributed by atoms with Crippen LogP contribution in [0.3, 0.4) is 0 Å². The number of amides is 1. The van der Waals surface area contributed by atoms with Gasteiger partial charge in [0.05, 0.1) is 19.3 Å². The molecule has 7 nitrogen and oxygen atoms in total. The van der Waals surface area contributed by atoms with E-state index in [1.165, 1.54) is 0 Å². The van der Waals surface area contributed by atoms with Crippen molar-refractivity contribution in [2.75, 3.05) is 26.7 Å². The highest BCUT2D eigenvalue weighted by Crippen LogP contribution is 2.13. The van der Waals surface area contributed by atoms with Crippen molar-refractivity contribution in [3.8, 4) is 5.88 Å². The standard InChI is InChI=1S/C18H29N5O2.HI/c1-5-19-18(20-11-14-7-6-8-16(21-14)25-4)22-15-9-10-23(12-15)17(24)13(2)3;/h6-8,13,15H,5,9-12H2,1-4H3,(H2,19,20,22);1H. The number of halogens is 1. The van der Waals surface area contributed by atoms with Gasteiger partial charge in [-0.25, -0.2) is 9.98 Å². The molecule has 1 saturated heterocycles. The van der Waals surface area contributed by atoms with Gasteiger partial charge in [0.25, 0.3) is 0 Å². The Morgan fingerprint density at radius 2 is 2.23 bits per heavy atom. The summed E-state index contributed by atoms with van der Waals surface area (Å²) in [6, 6.07) is 5.87. The lowest BCUT2D eigenvalue weighted by Crippen LogP contribution is -2.45. The topological polar surface area (TPSA) is 78.9 Å². The Morgan fingerprint density at radius 3 is 2.88 bits per heavy atom. The summed E-state index contributed by atoms with van der Waals surface area (Å²) in [5.41, 5.74) is 0.847. The molecule has 0 aromatic carbocycles. The molecule has 0 spiro atoms. The highest BCUT2D eigenvalue weighted by Gasteiger charge is 2.27. The van der Waals surface area contributed by atoms with Crippen LogP contribution in [0.5, 0.6) is 5.88 Å². The van der Waals surface area contributed by atoms with E-state index < -0.39 is 0 Å². The number of nitrogens with one attached hydrogen (secondary N) is 2. The van der Waals surface area contributed by atoms with Gasteiger partial charge in [0, 0.05) is 37.7 Å². The second-order valence-corrected chi connectivity index (χ2v) is 6.44. The number of aliphatic imine (C=N–C) groups is 1. The van der Waals surface area contributed by atoms with Crippen LogP contribution in [0.4, 0.5) is 0 Å². The number of nitrogens with zero attached hydrogens (tertiary/aromatic N) is 3. The van der Waals surface area contributed by atoms with Gasteiger partial charge in [-0.2, -0.15) is 0 Å². The number of pyridine rings is 1. The molecule has 1 amide bonds. The van der Waals surface area contributed by atoms with Crippen LogP contribution < -0.4 is 15.4 Å². The molecule has 1 aromatic heterocycles. The number of carbonyl (C=O) groups excluding carboxylic acids is 1. The lowest BCUT2D eigenvalue weighted by atomic mass is 10.2. The molecule has 1 fully saturated rings. The Kier molecular flexibility index (Phi) is 9.68. The van der Waals surface area contributed by atoms with Gasteiger partial charge < -0.3 is 20.3 Å². The maximum Gasteiger partial charge on any atom is 0.225 e. The summed E-state index contributed by atoms with van der Waals surface area (Å²) in [5.74, 6) is 1.59. The Bertz CT molecular complexity index is 609. The summed E-state index contributed by atoms with van der Waals surface area (Å²) in [7, 11) is 1.60. The molecule has 0 bridgehead atoms. The van der Waals surface area contributed by atoms with Crippen molar-refractivity contribution in [3.05, 3.63) is 23.9 Å². The molecule has 26 heavy (non-hydrogen) atoms. The Morgan fingerprint density at radius 1 is 1.46 bits per heavy atom. The lowest BCUT2D eigenvalue weighted by Gasteiger charge is -2.20. The molecule has 146 valence electrons. The summed E-state index contributed by atoms with van der Waals surface area (Å²) >= 11 is 0. The summed E-state index contributed by atoms with van der Waals surface area (Å²) < 4.78 is 5.14. The van der Waals surface area contributed by atoms with Crippen molar-refractivity contribution in [2.24, 2.45) is 10.9 Å². The average molecular weight is 475 g/mol. The van der Waals surface area contributed by atoms with Crippen molar-refractivity contribution in [1.29, 1.82) is 0 Å². The fourth-order valence-corrected chi connectivity index (χ4v) is 2.78. The van der Waals surface area contributed by atoms with Crippen LogP contribution in [0.1, 0.15) is 32.9 Å². The van der Waals surface area contributed by atoms with Crippen LogP contribution in [0.2, 0.25) is 0 Å². The summed E-state index contributed by atoms with van der Waals surface area (Å²) in [4.78, 5) is 23.0. The number of aromatic nitrogens is 1. The summed E-state index contributed by atoms with van der Waals surface area (Å²) in [6.07, 6.45) is 0.931. The van der Waals surface area contributed by atoms with E-state index in [0.717, 1.165) is 37.7 Å². The maximum atomic E-state index is 12.1. The minimum absolute atomic E-state index is 0. The summed E-state index contributed by atoms with van der Waals surface area (Å²) in [6.45, 7) is 8.67. The zero-order valence-corrected chi connectivity index (χ0v) is 18.3. The van der Waals surface area contributed by atoms with Crippen molar-refractivity contribution in [2.45, 2.75) is 39.8 Å². The molecule has 0 saturated carbocycles. The van der Waals surface area contributed by atoms with Crippen molar-refractivity contribution in [1.82, 2.24) is 20.5 Å². The zero-order chi connectivity index (χ0) is 18.2. The Balaban J connectivity index is 0.00000338. The molecular formula is C18H30IN5O2. The first-order chi connectivity index (χ1) is 12.0. The second kappa shape index (κ2) is 11.2. The molecule has 1 aromatic rings. The van der Waals surface area contributed by atoms with E-state index in [2.05, 4.69) is 20.6 Å². The second-order valence-electron chi connectivity index (χ2n) is 6.44. The number of methoxy groups -OCH3 is 1. The van der Waals surface area contributed by atoms with Crippen molar-refractivity contribution >= 4 is 35.8 Å². The maximum absolute atomic E-state index is 12.1. The smallest absolute Gasteiger partial charge is 0.225 e. The van der Waals surface area contributed by atoms with E-state index in [-0.39, 0.29) is 41.8 Å². The predicted octanol–water partition coefficient (Wildman–Crippen LogP) is 2.02. The predicted molar refractivity (Wildman–Crippen MR) is 114 cm³/mol. The van der Waals surface area contributed by atoms with E-state index >= 15 is 0 Å². The first-order valence-electron chi connectivity index (χ1n) is 8.87. The van der Waals surface area contributed by atoms with Crippen LogP contribution >= 0.6 is 24.0 Å². The van der Waals surface area contributed by atoms with Crippen LogP contribution in [0.15, 0.2) is 23.2 Å². The number of carbonyl (C=O) groups is 1. The fourth-order valence-electron chi connectivity index (χ4n) is 2.78. The molecule has 1 atom stereocenters. The van der Waals surface area contributed by atoms with E-state index in [9.17, 15) is 4.79 Å². The summed E-state index contributed by atoms with van der Waals surface area (Å²) in [5, 5.41) is 6.68. The van der Waals surface area contributed by atoms with Gasteiger partial charge in [-0.05, 0) is 19.4 Å². The molecule has 0 radical (unpaired) electrons. The number of guanidine groups is 1. The van der Waals surface area contributed by atoms with Crippen LogP contribution in [0.25, 0.3) is 0 Å². The third kappa shape index (κ3) is 6.62. The minimum atomic E-state index is 0. The highest BCUT2D eigenvalue weighted by atomic mass is 127. The van der Waals surface area contributed by atoms with Crippen LogP contribution in [-0.2, 0) is 11.3 Å². The fraction of sp³-hybridized carbons (Fsp3) is 0.611. The molecule has 2 heterocycles. The van der Waals surface area contributed by atoms with Gasteiger partial charge in [-0.3, -0.25) is 4.79 Å². The molecule has 8 heteroatoms. The normalized spacial score (nSPS) is 17.0. The van der Waals surface area contributed by atoms with Crippen molar-refractivity contribution in [3.63, 3.8) is 0 Å². The number of hydrogen-bond donors (Lipinski definition) is 2. The Labute approximate surface area is 173 Å². The SMILES string of the molecule is CCNC(=NCc1cccc(OC)n1)NC1CCN(C(=O)C(C)C)C1.I. The van der Waals surface area contributed by atoms with Gasteiger partial charge in [-0.1, -0.05) is 19.9 Å². The van der Waals surface area contributed by atoms with Crippen LogP contribution in [0, 0.1) is 5.92 Å². The van der Waals surface area contributed by atoms with Gasteiger partial charge in [0.1, 0.15) is 0 Å². The monoisotopic (exact) mass is 475 g/mol. The average Bonchev–Trinajstić information content (AvgIpc) is 3.07. The number of ether oxygens (including phenoxy) is 1. The molecule has 0 aliphatic carbocycles. The van der Waals surface area contributed by atoms with Crippen molar-refractivity contribution < 1.29 is 9.53 Å². The minimum Gasteiger partial charge on any atom is -0.481 e. The van der Waals surface area contributed by atoms with E-state index in [1.807, 2.05) is 43.9 Å². The zero-order valence-electron chi connectivity index (χ0n) is 16.0. The number of hydrogen-bond acceptors (Lipinski definition) is 4. The molecule has 2 rings (SSSR count). The van der Waals surface area contributed by atoms with Gasteiger partial charge in [0.15, 0.2) is 5.96 Å². The first kappa shape index (κ1) is 22.5. The third-order valence-electron chi connectivity index (χ3n) is 4.07. The molecular weight excluding hydrogens is 445 g/mol. The largest absolute Gasteiger partial charge is 0.481 e. The number of likely N-dealkylation sites (tertiary alicyclic amines) is 1. The van der Waals surface area contributed by atoms with E-state index in [0.29, 0.717) is 12.4 Å². The van der Waals surface area contributed by atoms with Gasteiger partial charge in [0.2, 0.25) is 11.8 Å².